The molecular formula is C32H41N3O5S. The van der Waals surface area contributed by atoms with Crippen molar-refractivity contribution in [2.24, 2.45) is 5.92 Å². The molecule has 0 bridgehead atoms. The second-order valence-electron chi connectivity index (χ2n) is 10.1. The fraction of sp³-hybridized carbons (Fsp3) is 0.375. The third kappa shape index (κ3) is 8.82. The fourth-order valence-corrected chi connectivity index (χ4v) is 5.88. The highest BCUT2D eigenvalue weighted by Crippen LogP contribution is 2.26. The number of nitrogens with zero attached hydrogens (tertiary/aromatic N) is 2. The van der Waals surface area contributed by atoms with Crippen molar-refractivity contribution >= 4 is 27.5 Å². The number of carbonyl (C=O) groups excluding carboxylic acids is 2. The largest absolute Gasteiger partial charge is 0.494 e. The van der Waals surface area contributed by atoms with E-state index in [0.29, 0.717) is 37.4 Å². The van der Waals surface area contributed by atoms with Gasteiger partial charge in [-0.1, -0.05) is 69.3 Å². The summed E-state index contributed by atoms with van der Waals surface area (Å²) in [4.78, 5) is 28.9. The first kappa shape index (κ1) is 31.7. The predicted octanol–water partition coefficient (Wildman–Crippen LogP) is 4.90. The van der Waals surface area contributed by atoms with Gasteiger partial charge in [-0.05, 0) is 67.6 Å². The van der Waals surface area contributed by atoms with Gasteiger partial charge >= 0.3 is 0 Å². The van der Waals surface area contributed by atoms with Crippen LogP contribution in [0.15, 0.2) is 89.8 Å². The normalized spacial score (nSPS) is 12.0. The summed E-state index contributed by atoms with van der Waals surface area (Å²) < 4.78 is 34.4. The molecule has 0 heterocycles. The number of anilines is 1. The SMILES string of the molecule is CCOc1ccc(N(CC(=O)N(CCc2ccccc2)[C@@H](CC)C(=O)NCC(C)C)S(=O)(=O)c2ccccc2)cc1. The van der Waals surface area contributed by atoms with Gasteiger partial charge in [0.2, 0.25) is 11.8 Å². The standard InChI is InChI=1S/C32H41N3O5S/c1-5-30(32(37)33-23-25(3)4)34(22-21-26-13-9-7-10-14-26)31(36)24-35(27-17-19-28(20-18-27)40-6-2)41(38,39)29-15-11-8-12-16-29/h7-20,25,30H,5-6,21-24H2,1-4H3,(H,33,37)/t30-/m0/s1. The number of nitrogens with one attached hydrogen (secondary N) is 1. The van der Waals surface area contributed by atoms with Gasteiger partial charge in [-0.2, -0.15) is 0 Å². The zero-order chi connectivity index (χ0) is 29.8. The minimum Gasteiger partial charge on any atom is -0.494 e. The Bertz CT molecular complexity index is 1350. The van der Waals surface area contributed by atoms with Crippen LogP contribution in [-0.2, 0) is 26.0 Å². The zero-order valence-corrected chi connectivity index (χ0v) is 25.1. The first-order chi connectivity index (χ1) is 19.7. The van der Waals surface area contributed by atoms with Crippen LogP contribution in [0.4, 0.5) is 5.69 Å². The minimum atomic E-state index is -4.10. The van der Waals surface area contributed by atoms with Crippen molar-refractivity contribution < 1.29 is 22.7 Å². The molecule has 220 valence electrons. The number of ether oxygens (including phenoxy) is 1. The van der Waals surface area contributed by atoms with Crippen molar-refractivity contribution in [1.82, 2.24) is 10.2 Å². The molecule has 0 fully saturated rings. The molecule has 8 nitrogen and oxygen atoms in total. The molecule has 0 aliphatic carbocycles. The monoisotopic (exact) mass is 579 g/mol. The number of hydrogen-bond acceptors (Lipinski definition) is 5. The lowest BCUT2D eigenvalue weighted by atomic mass is 10.1. The summed E-state index contributed by atoms with van der Waals surface area (Å²) >= 11 is 0. The van der Waals surface area contributed by atoms with Crippen LogP contribution < -0.4 is 14.4 Å². The smallest absolute Gasteiger partial charge is 0.264 e. The third-order valence-corrected chi connectivity index (χ3v) is 8.39. The maximum absolute atomic E-state index is 14.1. The Morgan fingerprint density at radius 2 is 1.49 bits per heavy atom. The molecule has 0 radical (unpaired) electrons. The van der Waals surface area contributed by atoms with E-state index >= 15 is 0 Å². The Balaban J connectivity index is 1.98. The molecular weight excluding hydrogens is 538 g/mol. The molecule has 9 heteroatoms. The van der Waals surface area contributed by atoms with Gasteiger partial charge in [0.1, 0.15) is 18.3 Å². The Morgan fingerprint density at radius 3 is 2.05 bits per heavy atom. The quantitative estimate of drug-likeness (QED) is 0.276. The summed E-state index contributed by atoms with van der Waals surface area (Å²) in [6.45, 7) is 8.48. The van der Waals surface area contributed by atoms with E-state index in [0.717, 1.165) is 9.87 Å². The van der Waals surface area contributed by atoms with Crippen molar-refractivity contribution in [3.05, 3.63) is 90.5 Å². The van der Waals surface area contributed by atoms with Gasteiger partial charge in [0.05, 0.1) is 17.2 Å². The van der Waals surface area contributed by atoms with Gasteiger partial charge in [-0.3, -0.25) is 13.9 Å². The van der Waals surface area contributed by atoms with Crippen LogP contribution >= 0.6 is 0 Å². The van der Waals surface area contributed by atoms with E-state index in [1.165, 1.54) is 17.0 Å². The van der Waals surface area contributed by atoms with Gasteiger partial charge in [0.15, 0.2) is 0 Å². The average Bonchev–Trinajstić information content (AvgIpc) is 2.98. The lowest BCUT2D eigenvalue weighted by molar-refractivity contribution is -0.139. The maximum atomic E-state index is 14.1. The van der Waals surface area contributed by atoms with Crippen molar-refractivity contribution in [1.29, 1.82) is 0 Å². The van der Waals surface area contributed by atoms with E-state index in [4.69, 9.17) is 4.74 Å². The van der Waals surface area contributed by atoms with Gasteiger partial charge in [0.25, 0.3) is 10.0 Å². The average molecular weight is 580 g/mol. The first-order valence-electron chi connectivity index (χ1n) is 14.1. The molecule has 0 aromatic heterocycles. The lowest BCUT2D eigenvalue weighted by Crippen LogP contribution is -2.53. The molecule has 3 aromatic rings. The van der Waals surface area contributed by atoms with E-state index in [1.807, 2.05) is 58.0 Å². The van der Waals surface area contributed by atoms with Gasteiger partial charge in [0, 0.05) is 13.1 Å². The summed E-state index contributed by atoms with van der Waals surface area (Å²) in [6, 6.07) is 23.6. The topological polar surface area (TPSA) is 96.0 Å². The highest BCUT2D eigenvalue weighted by molar-refractivity contribution is 7.92. The minimum absolute atomic E-state index is 0.0687. The van der Waals surface area contributed by atoms with Crippen molar-refractivity contribution in [3.63, 3.8) is 0 Å². The predicted molar refractivity (Wildman–Crippen MR) is 162 cm³/mol. The number of benzene rings is 3. The Morgan fingerprint density at radius 1 is 0.878 bits per heavy atom. The first-order valence-corrected chi connectivity index (χ1v) is 15.5. The molecule has 3 aromatic carbocycles. The molecule has 1 atom stereocenters. The number of amides is 2. The molecule has 41 heavy (non-hydrogen) atoms. The van der Waals surface area contributed by atoms with Gasteiger partial charge in [-0.15, -0.1) is 0 Å². The number of carbonyl (C=O) groups is 2. The van der Waals surface area contributed by atoms with E-state index in [-0.39, 0.29) is 23.3 Å². The molecule has 0 aliphatic heterocycles. The summed E-state index contributed by atoms with van der Waals surface area (Å²) in [5.41, 5.74) is 1.34. The van der Waals surface area contributed by atoms with Crippen LogP contribution in [0.25, 0.3) is 0 Å². The molecule has 3 rings (SSSR count). The number of hydrogen-bond donors (Lipinski definition) is 1. The van der Waals surface area contributed by atoms with E-state index < -0.39 is 28.5 Å². The van der Waals surface area contributed by atoms with Crippen LogP contribution in [0.5, 0.6) is 5.75 Å². The molecule has 0 saturated heterocycles. The third-order valence-electron chi connectivity index (χ3n) is 6.60. The van der Waals surface area contributed by atoms with Crippen molar-refractivity contribution in [3.8, 4) is 5.75 Å². The fourth-order valence-electron chi connectivity index (χ4n) is 4.44. The molecule has 2 amide bonds. The molecule has 1 N–H and O–H groups in total. The summed E-state index contributed by atoms with van der Waals surface area (Å²) in [5, 5.41) is 2.95. The van der Waals surface area contributed by atoms with E-state index in [9.17, 15) is 18.0 Å². The second-order valence-corrected chi connectivity index (χ2v) is 12.0. The highest BCUT2D eigenvalue weighted by atomic mass is 32.2. The summed E-state index contributed by atoms with van der Waals surface area (Å²) in [6.07, 6.45) is 0.911. The maximum Gasteiger partial charge on any atom is 0.264 e. The Hall–Kier alpha value is -3.85. The van der Waals surface area contributed by atoms with Crippen molar-refractivity contribution in [2.45, 2.75) is 51.5 Å². The van der Waals surface area contributed by atoms with Crippen LogP contribution in [-0.4, -0.2) is 57.4 Å². The van der Waals surface area contributed by atoms with E-state index in [2.05, 4.69) is 5.32 Å². The van der Waals surface area contributed by atoms with Crippen LogP contribution in [0.2, 0.25) is 0 Å². The summed E-state index contributed by atoms with van der Waals surface area (Å²) in [7, 11) is -4.10. The Kier molecular flexibility index (Phi) is 11.8. The molecule has 0 aliphatic rings. The van der Waals surface area contributed by atoms with Gasteiger partial charge < -0.3 is 15.0 Å². The summed E-state index contributed by atoms with van der Waals surface area (Å²) in [5.74, 6) is 0.134. The molecule has 0 spiro atoms. The highest BCUT2D eigenvalue weighted by Gasteiger charge is 2.33. The van der Waals surface area contributed by atoms with E-state index in [1.54, 1.807) is 42.5 Å². The van der Waals surface area contributed by atoms with Crippen LogP contribution in [0, 0.1) is 5.92 Å². The van der Waals surface area contributed by atoms with Gasteiger partial charge in [-0.25, -0.2) is 8.42 Å². The van der Waals surface area contributed by atoms with Crippen molar-refractivity contribution in [2.75, 3.05) is 30.5 Å². The molecule has 0 saturated carbocycles. The number of sulfonamides is 1. The zero-order valence-electron chi connectivity index (χ0n) is 24.3. The molecule has 0 unspecified atom stereocenters. The lowest BCUT2D eigenvalue weighted by Gasteiger charge is -2.33. The van der Waals surface area contributed by atoms with Crippen LogP contribution in [0.1, 0.15) is 39.7 Å². The second kappa shape index (κ2) is 15.2. The Labute approximate surface area is 244 Å². The van der Waals surface area contributed by atoms with Crippen LogP contribution in [0.3, 0.4) is 0 Å². The number of rotatable bonds is 15.